The second-order valence-corrected chi connectivity index (χ2v) is 5.62. The van der Waals surface area contributed by atoms with Crippen molar-refractivity contribution in [2.24, 2.45) is 0 Å². The molecule has 1 unspecified atom stereocenters. The van der Waals surface area contributed by atoms with Crippen LogP contribution in [-0.4, -0.2) is 26.8 Å². The Bertz CT molecular complexity index is 722. The first-order valence-electron chi connectivity index (χ1n) is 8.04. The molecule has 2 N–H and O–H groups in total. The number of carbonyl (C=O) groups is 1. The maximum absolute atomic E-state index is 13.1. The van der Waals surface area contributed by atoms with Crippen molar-refractivity contribution in [3.05, 3.63) is 59.4 Å². The van der Waals surface area contributed by atoms with Gasteiger partial charge in [0, 0.05) is 6.54 Å². The fourth-order valence-electron chi connectivity index (χ4n) is 2.47. The molecule has 0 aliphatic rings. The molecule has 0 saturated heterocycles. The first-order valence-corrected chi connectivity index (χ1v) is 8.04. The quantitative estimate of drug-likeness (QED) is 0.807. The fraction of sp³-hybridized carbons (Fsp3) is 0.316. The normalized spacial score (nSPS) is 11.5. The first kappa shape index (κ1) is 18.6. The summed E-state index contributed by atoms with van der Waals surface area (Å²) in [6.07, 6.45) is 0.565. The molecule has 0 aliphatic carbocycles. The maximum atomic E-state index is 13.1. The standard InChI is InChI=1S/C19H23FN2O3/c1-13(15-7-8-17(24-2)18(12-15)25-3)22-19(23)21-10-9-14-5-4-6-16(20)11-14/h4-8,11-13H,9-10H2,1-3H3,(H2,21,22,23). The van der Waals surface area contributed by atoms with Crippen LogP contribution in [0.1, 0.15) is 24.1 Å². The first-order chi connectivity index (χ1) is 12.0. The molecule has 0 fully saturated rings. The van der Waals surface area contributed by atoms with E-state index in [0.29, 0.717) is 24.5 Å². The third kappa shape index (κ3) is 5.38. The van der Waals surface area contributed by atoms with Gasteiger partial charge >= 0.3 is 6.03 Å². The van der Waals surface area contributed by atoms with Crippen LogP contribution in [0.5, 0.6) is 11.5 Å². The molecular weight excluding hydrogens is 323 g/mol. The van der Waals surface area contributed by atoms with Crippen LogP contribution in [-0.2, 0) is 6.42 Å². The van der Waals surface area contributed by atoms with Crippen molar-refractivity contribution in [3.8, 4) is 11.5 Å². The summed E-state index contributed by atoms with van der Waals surface area (Å²) in [6.45, 7) is 2.31. The number of rotatable bonds is 7. The Kier molecular flexibility index (Phi) is 6.62. The molecule has 1 atom stereocenters. The number of halogens is 1. The van der Waals surface area contributed by atoms with Crippen molar-refractivity contribution in [1.82, 2.24) is 10.6 Å². The van der Waals surface area contributed by atoms with Crippen LogP contribution in [0.3, 0.4) is 0 Å². The molecule has 2 aromatic rings. The smallest absolute Gasteiger partial charge is 0.315 e. The van der Waals surface area contributed by atoms with E-state index in [2.05, 4.69) is 10.6 Å². The van der Waals surface area contributed by atoms with Crippen LogP contribution in [0.4, 0.5) is 9.18 Å². The van der Waals surface area contributed by atoms with E-state index in [0.717, 1.165) is 11.1 Å². The van der Waals surface area contributed by atoms with Crippen LogP contribution < -0.4 is 20.1 Å². The van der Waals surface area contributed by atoms with E-state index in [-0.39, 0.29) is 17.9 Å². The lowest BCUT2D eigenvalue weighted by Gasteiger charge is -2.17. The molecule has 134 valence electrons. The second-order valence-electron chi connectivity index (χ2n) is 5.62. The molecule has 6 heteroatoms. The van der Waals surface area contributed by atoms with E-state index in [9.17, 15) is 9.18 Å². The van der Waals surface area contributed by atoms with Gasteiger partial charge in [-0.3, -0.25) is 0 Å². The zero-order valence-electron chi connectivity index (χ0n) is 14.6. The Morgan fingerprint density at radius 3 is 2.56 bits per heavy atom. The number of nitrogens with one attached hydrogen (secondary N) is 2. The van der Waals surface area contributed by atoms with Crippen molar-refractivity contribution in [3.63, 3.8) is 0 Å². The van der Waals surface area contributed by atoms with Crippen molar-refractivity contribution < 1.29 is 18.7 Å². The number of hydrogen-bond acceptors (Lipinski definition) is 3. The third-order valence-corrected chi connectivity index (χ3v) is 3.84. The summed E-state index contributed by atoms with van der Waals surface area (Å²) in [4.78, 5) is 12.0. The van der Waals surface area contributed by atoms with Crippen molar-refractivity contribution in [1.29, 1.82) is 0 Å². The lowest BCUT2D eigenvalue weighted by Crippen LogP contribution is -2.38. The molecular formula is C19H23FN2O3. The molecule has 0 spiro atoms. The van der Waals surface area contributed by atoms with E-state index >= 15 is 0 Å². The number of ether oxygens (including phenoxy) is 2. The van der Waals surface area contributed by atoms with Crippen LogP contribution >= 0.6 is 0 Å². The highest BCUT2D eigenvalue weighted by molar-refractivity contribution is 5.74. The van der Waals surface area contributed by atoms with Crippen molar-refractivity contribution in [2.75, 3.05) is 20.8 Å². The Labute approximate surface area is 147 Å². The van der Waals surface area contributed by atoms with Crippen LogP contribution in [0.25, 0.3) is 0 Å². The molecule has 2 aromatic carbocycles. The molecule has 0 radical (unpaired) electrons. The summed E-state index contributed by atoms with van der Waals surface area (Å²) < 4.78 is 23.6. The number of hydrogen-bond donors (Lipinski definition) is 2. The summed E-state index contributed by atoms with van der Waals surface area (Å²) in [5, 5.41) is 5.64. The number of methoxy groups -OCH3 is 2. The lowest BCUT2D eigenvalue weighted by atomic mass is 10.1. The molecule has 2 amide bonds. The Morgan fingerprint density at radius 1 is 1.12 bits per heavy atom. The van der Waals surface area contributed by atoms with E-state index in [4.69, 9.17) is 9.47 Å². The largest absolute Gasteiger partial charge is 0.493 e. The molecule has 5 nitrogen and oxygen atoms in total. The van der Waals surface area contributed by atoms with Gasteiger partial charge in [0.15, 0.2) is 11.5 Å². The van der Waals surface area contributed by atoms with Gasteiger partial charge in [0.2, 0.25) is 0 Å². The van der Waals surface area contributed by atoms with Gasteiger partial charge in [0.05, 0.1) is 20.3 Å². The summed E-state index contributed by atoms with van der Waals surface area (Å²) in [5.74, 6) is 0.974. The van der Waals surface area contributed by atoms with Crippen molar-refractivity contribution in [2.45, 2.75) is 19.4 Å². The van der Waals surface area contributed by atoms with Crippen LogP contribution in [0.15, 0.2) is 42.5 Å². The van der Waals surface area contributed by atoms with Gasteiger partial charge in [-0.25, -0.2) is 9.18 Å². The van der Waals surface area contributed by atoms with Gasteiger partial charge < -0.3 is 20.1 Å². The zero-order valence-corrected chi connectivity index (χ0v) is 14.6. The van der Waals surface area contributed by atoms with Gasteiger partial charge in [0.1, 0.15) is 5.82 Å². The molecule has 0 aromatic heterocycles. The highest BCUT2D eigenvalue weighted by Gasteiger charge is 2.12. The summed E-state index contributed by atoms with van der Waals surface area (Å²) in [7, 11) is 3.14. The Balaban J connectivity index is 1.85. The molecule has 0 bridgehead atoms. The minimum absolute atomic E-state index is 0.200. The average Bonchev–Trinajstić information content (AvgIpc) is 2.61. The van der Waals surface area contributed by atoms with Gasteiger partial charge in [-0.2, -0.15) is 0 Å². The molecule has 0 heterocycles. The lowest BCUT2D eigenvalue weighted by molar-refractivity contribution is 0.238. The van der Waals surface area contributed by atoms with Crippen molar-refractivity contribution >= 4 is 6.03 Å². The maximum Gasteiger partial charge on any atom is 0.315 e. The summed E-state index contributed by atoms with van der Waals surface area (Å²) in [5.41, 5.74) is 1.74. The van der Waals surface area contributed by atoms with E-state index in [1.807, 2.05) is 25.1 Å². The number of carbonyl (C=O) groups excluding carboxylic acids is 1. The predicted molar refractivity (Wildman–Crippen MR) is 94.6 cm³/mol. The van der Waals surface area contributed by atoms with E-state index in [1.54, 1.807) is 26.4 Å². The highest BCUT2D eigenvalue weighted by Crippen LogP contribution is 2.29. The topological polar surface area (TPSA) is 59.6 Å². The second kappa shape index (κ2) is 8.92. The predicted octanol–water partition coefficient (Wildman–Crippen LogP) is 3.45. The monoisotopic (exact) mass is 346 g/mol. The highest BCUT2D eigenvalue weighted by atomic mass is 19.1. The minimum atomic E-state index is -0.279. The van der Waals surface area contributed by atoms with Crippen LogP contribution in [0.2, 0.25) is 0 Å². The number of amides is 2. The van der Waals surface area contributed by atoms with Crippen LogP contribution in [0, 0.1) is 5.82 Å². The molecule has 0 aliphatic heterocycles. The number of benzene rings is 2. The SMILES string of the molecule is COc1ccc(C(C)NC(=O)NCCc2cccc(F)c2)cc1OC. The third-order valence-electron chi connectivity index (χ3n) is 3.84. The fourth-order valence-corrected chi connectivity index (χ4v) is 2.47. The zero-order chi connectivity index (χ0) is 18.2. The van der Waals surface area contributed by atoms with Gasteiger partial charge in [0.25, 0.3) is 0 Å². The molecule has 2 rings (SSSR count). The van der Waals surface area contributed by atoms with E-state index in [1.165, 1.54) is 12.1 Å². The van der Waals surface area contributed by atoms with Gasteiger partial charge in [-0.1, -0.05) is 18.2 Å². The Hall–Kier alpha value is -2.76. The van der Waals surface area contributed by atoms with E-state index < -0.39 is 0 Å². The molecule has 25 heavy (non-hydrogen) atoms. The summed E-state index contributed by atoms with van der Waals surface area (Å²) in [6, 6.07) is 11.4. The average molecular weight is 346 g/mol. The minimum Gasteiger partial charge on any atom is -0.493 e. The van der Waals surface area contributed by atoms with Gasteiger partial charge in [-0.05, 0) is 48.7 Å². The molecule has 0 saturated carbocycles. The Morgan fingerprint density at radius 2 is 1.88 bits per heavy atom. The van der Waals surface area contributed by atoms with Gasteiger partial charge in [-0.15, -0.1) is 0 Å². The number of urea groups is 1. The summed E-state index contributed by atoms with van der Waals surface area (Å²) >= 11 is 0.